The topological polar surface area (TPSA) is 61.4 Å². The molecule has 6 heteroatoms. The summed E-state index contributed by atoms with van der Waals surface area (Å²) in [7, 11) is 0. The van der Waals surface area contributed by atoms with Crippen LogP contribution in [0.3, 0.4) is 0 Å². The van der Waals surface area contributed by atoms with Gasteiger partial charge in [0, 0.05) is 35.5 Å². The molecule has 3 fully saturated rings. The van der Waals surface area contributed by atoms with Crippen LogP contribution >= 0.6 is 12.2 Å². The van der Waals surface area contributed by atoms with Crippen LogP contribution in [0.4, 0.5) is 0 Å². The molecule has 3 aliphatic carbocycles. The second-order valence-electron chi connectivity index (χ2n) is 11.8. The number of hydrogen-bond acceptors (Lipinski definition) is 3. The predicted octanol–water partition coefficient (Wildman–Crippen LogP) is 4.77. The second kappa shape index (κ2) is 8.41. The Morgan fingerprint density at radius 3 is 2.53 bits per heavy atom. The summed E-state index contributed by atoms with van der Waals surface area (Å²) in [5, 5.41) is 7.04. The molecule has 32 heavy (non-hydrogen) atoms. The fourth-order valence-electron chi connectivity index (χ4n) is 7.67. The Bertz CT molecular complexity index is 837. The van der Waals surface area contributed by atoms with E-state index in [9.17, 15) is 9.59 Å². The Morgan fingerprint density at radius 2 is 1.88 bits per heavy atom. The highest BCUT2D eigenvalue weighted by Crippen LogP contribution is 2.65. The third kappa shape index (κ3) is 3.70. The fraction of sp³-hybridized carbons (Fsp3) is 0.808. The largest absolute Gasteiger partial charge is 0.360 e. The lowest BCUT2D eigenvalue weighted by Crippen LogP contribution is -2.56. The Balaban J connectivity index is 1.58. The molecule has 4 rings (SSSR count). The smallest absolute Gasteiger partial charge is 0.232 e. The van der Waals surface area contributed by atoms with Gasteiger partial charge in [-0.25, -0.2) is 0 Å². The van der Waals surface area contributed by atoms with Crippen molar-refractivity contribution in [2.75, 3.05) is 0 Å². The van der Waals surface area contributed by atoms with Crippen LogP contribution in [0.25, 0.3) is 0 Å². The molecule has 0 radical (unpaired) electrons. The van der Waals surface area contributed by atoms with Crippen molar-refractivity contribution in [1.82, 2.24) is 15.5 Å². The number of allylic oxidation sites excluding steroid dienone is 2. The van der Waals surface area contributed by atoms with Crippen molar-refractivity contribution in [1.29, 1.82) is 0 Å². The number of nitrogens with one attached hydrogen (secondary N) is 2. The molecule has 0 bridgehead atoms. The number of hydrogen-bond donors (Lipinski definition) is 2. The standard InChI is InChI=1S/C26H41N3O2S/c1-15(2)27-24(32)29(16(3)4)23(31)20-9-8-18-17-7-10-21-26(6,14-12-22(30)28-21)19(17)11-13-25(18,20)5/h10,15-20H,7-9,11-14H2,1-6H3,(H,27,32)(H,28,30)/t17-,18-,19+,20?,25-,26+/m0/s1. The summed E-state index contributed by atoms with van der Waals surface area (Å²) in [5.74, 6) is 2.17. The van der Waals surface area contributed by atoms with Crippen molar-refractivity contribution in [3.05, 3.63) is 11.8 Å². The van der Waals surface area contributed by atoms with Gasteiger partial charge in [-0.2, -0.15) is 0 Å². The molecule has 178 valence electrons. The quantitative estimate of drug-likeness (QED) is 0.597. The van der Waals surface area contributed by atoms with Crippen molar-refractivity contribution in [2.45, 2.75) is 98.6 Å². The number of rotatable bonds is 3. The van der Waals surface area contributed by atoms with Crippen LogP contribution in [0.5, 0.6) is 0 Å². The molecule has 1 unspecified atom stereocenters. The van der Waals surface area contributed by atoms with E-state index >= 15 is 0 Å². The van der Waals surface area contributed by atoms with Gasteiger partial charge in [0.2, 0.25) is 11.8 Å². The molecule has 1 saturated heterocycles. The minimum absolute atomic E-state index is 0.0262. The van der Waals surface area contributed by atoms with Crippen LogP contribution < -0.4 is 10.6 Å². The number of piperidine rings is 1. The van der Waals surface area contributed by atoms with Gasteiger partial charge in [0.25, 0.3) is 0 Å². The van der Waals surface area contributed by atoms with Crippen LogP contribution in [-0.4, -0.2) is 33.9 Å². The van der Waals surface area contributed by atoms with E-state index in [1.807, 2.05) is 4.90 Å². The van der Waals surface area contributed by atoms with E-state index in [2.05, 4.69) is 58.3 Å². The van der Waals surface area contributed by atoms with Gasteiger partial charge in [-0.15, -0.1) is 0 Å². The highest BCUT2D eigenvalue weighted by Gasteiger charge is 2.60. The zero-order chi connectivity index (χ0) is 23.4. The highest BCUT2D eigenvalue weighted by molar-refractivity contribution is 7.80. The number of fused-ring (bicyclic) bond motifs is 5. The monoisotopic (exact) mass is 459 g/mol. The van der Waals surface area contributed by atoms with Crippen molar-refractivity contribution < 1.29 is 9.59 Å². The summed E-state index contributed by atoms with van der Waals surface area (Å²) >= 11 is 5.66. The molecule has 4 aliphatic rings. The average Bonchev–Trinajstić information content (AvgIpc) is 3.05. The first-order chi connectivity index (χ1) is 15.0. The van der Waals surface area contributed by atoms with Gasteiger partial charge < -0.3 is 10.6 Å². The number of nitrogens with zero attached hydrogens (tertiary/aromatic N) is 1. The predicted molar refractivity (Wildman–Crippen MR) is 132 cm³/mol. The molecule has 6 atom stereocenters. The van der Waals surface area contributed by atoms with Gasteiger partial charge in [-0.3, -0.25) is 14.5 Å². The molecule has 5 nitrogen and oxygen atoms in total. The van der Waals surface area contributed by atoms with E-state index in [0.29, 0.717) is 29.3 Å². The number of carbonyl (C=O) groups excluding carboxylic acids is 2. The van der Waals surface area contributed by atoms with Gasteiger partial charge in [0.05, 0.1) is 0 Å². The summed E-state index contributed by atoms with van der Waals surface area (Å²) in [6.07, 6.45) is 9.22. The summed E-state index contributed by atoms with van der Waals surface area (Å²) < 4.78 is 0. The lowest BCUT2D eigenvalue weighted by Gasteiger charge is -2.57. The summed E-state index contributed by atoms with van der Waals surface area (Å²) in [4.78, 5) is 27.7. The number of amides is 2. The second-order valence-corrected chi connectivity index (χ2v) is 12.2. The molecule has 2 amide bonds. The lowest BCUT2D eigenvalue weighted by atomic mass is 9.49. The molecule has 0 spiro atoms. The van der Waals surface area contributed by atoms with E-state index in [1.165, 1.54) is 5.70 Å². The third-order valence-corrected chi connectivity index (χ3v) is 9.61. The Hall–Kier alpha value is -1.43. The molecule has 0 aromatic rings. The first-order valence-electron chi connectivity index (χ1n) is 12.6. The Morgan fingerprint density at radius 1 is 1.16 bits per heavy atom. The molecule has 2 saturated carbocycles. The first kappa shape index (κ1) is 23.7. The van der Waals surface area contributed by atoms with Gasteiger partial charge in [-0.1, -0.05) is 19.9 Å². The zero-order valence-corrected chi connectivity index (χ0v) is 21.5. The van der Waals surface area contributed by atoms with E-state index in [-0.39, 0.29) is 40.6 Å². The van der Waals surface area contributed by atoms with Crippen LogP contribution in [-0.2, 0) is 9.59 Å². The van der Waals surface area contributed by atoms with Crippen LogP contribution in [0.15, 0.2) is 11.8 Å². The molecule has 0 aromatic heterocycles. The normalized spacial score (nSPS) is 38.4. The minimum atomic E-state index is 0.0262. The van der Waals surface area contributed by atoms with E-state index in [0.717, 1.165) is 38.5 Å². The van der Waals surface area contributed by atoms with E-state index in [4.69, 9.17) is 12.2 Å². The third-order valence-electron chi connectivity index (χ3n) is 9.29. The van der Waals surface area contributed by atoms with Gasteiger partial charge in [0.15, 0.2) is 5.11 Å². The highest BCUT2D eigenvalue weighted by atomic mass is 32.1. The molecule has 2 N–H and O–H groups in total. The van der Waals surface area contributed by atoms with Crippen molar-refractivity contribution in [2.24, 2.45) is 34.5 Å². The van der Waals surface area contributed by atoms with Crippen molar-refractivity contribution in [3.63, 3.8) is 0 Å². The first-order valence-corrected chi connectivity index (χ1v) is 13.0. The van der Waals surface area contributed by atoms with Crippen molar-refractivity contribution >= 4 is 29.1 Å². The average molecular weight is 460 g/mol. The minimum Gasteiger partial charge on any atom is -0.360 e. The van der Waals surface area contributed by atoms with Gasteiger partial charge in [-0.05, 0) is 102 Å². The van der Waals surface area contributed by atoms with Crippen LogP contribution in [0.1, 0.15) is 86.5 Å². The summed E-state index contributed by atoms with van der Waals surface area (Å²) in [5.41, 5.74) is 1.27. The van der Waals surface area contributed by atoms with Crippen LogP contribution in [0, 0.1) is 34.5 Å². The SMILES string of the molecule is CC(C)NC(=S)N(C(=O)C1CC[C@H]2[C@@H]3CC=C4NC(=O)CC[C@]4(C)[C@@H]3CC[C@]12C)C(C)C. The summed E-state index contributed by atoms with van der Waals surface area (Å²) in [6.45, 7) is 13.0. The molecule has 1 aliphatic heterocycles. The molecule has 0 aromatic carbocycles. The van der Waals surface area contributed by atoms with Crippen LogP contribution in [0.2, 0.25) is 0 Å². The van der Waals surface area contributed by atoms with E-state index < -0.39 is 0 Å². The number of carbonyl (C=O) groups is 2. The maximum absolute atomic E-state index is 13.9. The van der Waals surface area contributed by atoms with E-state index in [1.54, 1.807) is 0 Å². The van der Waals surface area contributed by atoms with Gasteiger partial charge in [0.1, 0.15) is 0 Å². The van der Waals surface area contributed by atoms with Crippen molar-refractivity contribution in [3.8, 4) is 0 Å². The zero-order valence-electron chi connectivity index (χ0n) is 20.7. The summed E-state index contributed by atoms with van der Waals surface area (Å²) in [6, 6.07) is 0.254. The lowest BCUT2D eigenvalue weighted by molar-refractivity contribution is -0.140. The fourth-order valence-corrected chi connectivity index (χ4v) is 8.21. The Labute approximate surface area is 199 Å². The maximum Gasteiger partial charge on any atom is 0.232 e. The van der Waals surface area contributed by atoms with Gasteiger partial charge >= 0.3 is 0 Å². The molecular weight excluding hydrogens is 418 g/mol. The molecular formula is C26H41N3O2S. The maximum atomic E-state index is 13.9. The molecule has 1 heterocycles. The number of thiocarbonyl (C=S) groups is 1. The Kier molecular flexibility index (Phi) is 6.23.